The van der Waals surface area contributed by atoms with E-state index in [0.717, 1.165) is 42.6 Å². The predicted octanol–water partition coefficient (Wildman–Crippen LogP) is 2.20. The fraction of sp³-hybridized carbons (Fsp3) is 0.375. The van der Waals surface area contributed by atoms with Crippen LogP contribution in [-0.2, 0) is 6.42 Å². The van der Waals surface area contributed by atoms with Crippen molar-refractivity contribution in [3.63, 3.8) is 0 Å². The molecule has 0 saturated heterocycles. The highest BCUT2D eigenvalue weighted by molar-refractivity contribution is 5.71. The van der Waals surface area contributed by atoms with Gasteiger partial charge in [-0.3, -0.25) is 0 Å². The number of hydrogen-bond acceptors (Lipinski definition) is 5. The topological polar surface area (TPSA) is 76.2 Å². The highest BCUT2D eigenvalue weighted by Gasteiger charge is 2.17. The third-order valence-corrected chi connectivity index (χ3v) is 3.82. The van der Waals surface area contributed by atoms with Crippen molar-refractivity contribution >= 4 is 5.82 Å². The zero-order valence-electron chi connectivity index (χ0n) is 12.7. The average molecular weight is 301 g/mol. The molecule has 2 N–H and O–H groups in total. The molecule has 0 bridgehead atoms. The summed E-state index contributed by atoms with van der Waals surface area (Å²) in [5.41, 5.74) is 2.31. The number of nitrogens with zero attached hydrogens (tertiary/aromatic N) is 1. The molecule has 1 aromatic heterocycles. The maximum Gasteiger partial charge on any atom is 0.347 e. The van der Waals surface area contributed by atoms with Crippen LogP contribution in [0.15, 0.2) is 23.0 Å². The maximum atomic E-state index is 11.9. The Morgan fingerprint density at radius 1 is 1.09 bits per heavy atom. The van der Waals surface area contributed by atoms with Gasteiger partial charge >= 0.3 is 5.69 Å². The predicted molar refractivity (Wildman–Crippen MR) is 84.8 cm³/mol. The minimum atomic E-state index is -0.357. The van der Waals surface area contributed by atoms with Crippen molar-refractivity contribution in [3.8, 4) is 22.8 Å². The van der Waals surface area contributed by atoms with E-state index in [1.807, 2.05) is 12.1 Å². The summed E-state index contributed by atoms with van der Waals surface area (Å²) in [6.45, 7) is 0.838. The summed E-state index contributed by atoms with van der Waals surface area (Å²) in [5.74, 6) is 2.04. The van der Waals surface area contributed by atoms with Gasteiger partial charge in [0.2, 0.25) is 0 Å². The van der Waals surface area contributed by atoms with Crippen LogP contribution in [0.25, 0.3) is 11.3 Å². The second-order valence-electron chi connectivity index (χ2n) is 5.23. The number of nitrogens with one attached hydrogen (secondary N) is 2. The molecule has 0 fully saturated rings. The Balaban J connectivity index is 2.19. The number of ether oxygens (including phenoxy) is 2. The van der Waals surface area contributed by atoms with Gasteiger partial charge in [-0.2, -0.15) is 4.98 Å². The zero-order chi connectivity index (χ0) is 15.5. The van der Waals surface area contributed by atoms with Crippen molar-refractivity contribution in [1.29, 1.82) is 0 Å². The van der Waals surface area contributed by atoms with Crippen LogP contribution in [-0.4, -0.2) is 30.7 Å². The summed E-state index contributed by atoms with van der Waals surface area (Å²) < 4.78 is 10.6. The fourth-order valence-corrected chi connectivity index (χ4v) is 2.72. The number of fused-ring (bicyclic) bond motifs is 1. The smallest absolute Gasteiger partial charge is 0.347 e. The van der Waals surface area contributed by atoms with Gasteiger partial charge in [0.1, 0.15) is 17.3 Å². The van der Waals surface area contributed by atoms with Crippen LogP contribution < -0.4 is 20.5 Å². The number of H-pyrrole nitrogens is 1. The summed E-state index contributed by atoms with van der Waals surface area (Å²) in [5, 5.41) is 3.24. The van der Waals surface area contributed by atoms with E-state index < -0.39 is 0 Å². The fourth-order valence-electron chi connectivity index (χ4n) is 2.72. The Morgan fingerprint density at radius 2 is 1.82 bits per heavy atom. The standard InChI is InChI=1S/C16H19N3O3/c1-21-11-7-10(8-12(9-11)22-2)14-13-5-3-4-6-17-15(13)19-16(20)18-14/h7-9H,3-6H2,1-2H3,(H2,17,18,19,20). The third-order valence-electron chi connectivity index (χ3n) is 3.82. The molecule has 0 aliphatic carbocycles. The normalized spacial score (nSPS) is 13.7. The highest BCUT2D eigenvalue weighted by atomic mass is 16.5. The lowest BCUT2D eigenvalue weighted by atomic mass is 10.0. The largest absolute Gasteiger partial charge is 0.497 e. The second kappa shape index (κ2) is 6.09. The number of anilines is 1. The first-order valence-corrected chi connectivity index (χ1v) is 7.32. The van der Waals surface area contributed by atoms with Gasteiger partial charge in [-0.25, -0.2) is 4.79 Å². The van der Waals surface area contributed by atoms with Gasteiger partial charge in [0.15, 0.2) is 0 Å². The molecule has 1 aromatic carbocycles. The van der Waals surface area contributed by atoms with Crippen LogP contribution in [0.3, 0.4) is 0 Å². The van der Waals surface area contributed by atoms with Crippen LogP contribution in [0.1, 0.15) is 18.4 Å². The molecule has 0 spiro atoms. The zero-order valence-corrected chi connectivity index (χ0v) is 12.7. The minimum absolute atomic E-state index is 0.357. The first kappa shape index (κ1) is 14.4. The molecule has 1 aliphatic rings. The van der Waals surface area contributed by atoms with Gasteiger partial charge in [-0.05, 0) is 31.4 Å². The molecule has 6 nitrogen and oxygen atoms in total. The van der Waals surface area contributed by atoms with Gasteiger partial charge in [0.25, 0.3) is 0 Å². The Hall–Kier alpha value is -2.50. The van der Waals surface area contributed by atoms with Crippen LogP contribution in [0.4, 0.5) is 5.82 Å². The molecular weight excluding hydrogens is 282 g/mol. The first-order valence-electron chi connectivity index (χ1n) is 7.32. The molecule has 6 heteroatoms. The lowest BCUT2D eigenvalue weighted by Crippen LogP contribution is -2.17. The van der Waals surface area contributed by atoms with Gasteiger partial charge in [0.05, 0.1) is 19.9 Å². The molecule has 1 aliphatic heterocycles. The quantitative estimate of drug-likeness (QED) is 0.909. The van der Waals surface area contributed by atoms with Crippen molar-refractivity contribution in [2.24, 2.45) is 0 Å². The van der Waals surface area contributed by atoms with E-state index in [9.17, 15) is 4.79 Å². The van der Waals surface area contributed by atoms with E-state index in [4.69, 9.17) is 9.47 Å². The summed E-state index contributed by atoms with van der Waals surface area (Å²) in [4.78, 5) is 18.8. The number of aromatic nitrogens is 2. The first-order chi connectivity index (χ1) is 10.7. The number of hydrogen-bond donors (Lipinski definition) is 2. The van der Waals surface area contributed by atoms with Crippen molar-refractivity contribution in [3.05, 3.63) is 34.2 Å². The third kappa shape index (κ3) is 2.77. The van der Waals surface area contributed by atoms with Crippen molar-refractivity contribution in [2.75, 3.05) is 26.1 Å². The molecule has 3 rings (SSSR count). The van der Waals surface area contributed by atoms with Crippen molar-refractivity contribution in [1.82, 2.24) is 9.97 Å². The number of rotatable bonds is 3. The molecule has 0 atom stereocenters. The van der Waals surface area contributed by atoms with Crippen LogP contribution >= 0.6 is 0 Å². The van der Waals surface area contributed by atoms with Crippen molar-refractivity contribution in [2.45, 2.75) is 19.3 Å². The molecule has 2 heterocycles. The Kier molecular flexibility index (Phi) is 4.00. The van der Waals surface area contributed by atoms with E-state index in [1.54, 1.807) is 20.3 Å². The summed E-state index contributed by atoms with van der Waals surface area (Å²) in [7, 11) is 3.21. The number of benzene rings is 1. The van der Waals surface area contributed by atoms with E-state index in [1.165, 1.54) is 0 Å². The molecule has 0 saturated carbocycles. The summed E-state index contributed by atoms with van der Waals surface area (Å²) in [6.07, 6.45) is 2.99. The van der Waals surface area contributed by atoms with Crippen molar-refractivity contribution < 1.29 is 9.47 Å². The lowest BCUT2D eigenvalue weighted by molar-refractivity contribution is 0.394. The van der Waals surface area contributed by atoms with Crippen LogP contribution in [0.2, 0.25) is 0 Å². The molecule has 2 aromatic rings. The van der Waals surface area contributed by atoms with E-state index in [2.05, 4.69) is 15.3 Å². The summed E-state index contributed by atoms with van der Waals surface area (Å²) in [6, 6.07) is 5.58. The van der Waals surface area contributed by atoms with Crippen LogP contribution in [0.5, 0.6) is 11.5 Å². The Bertz CT molecular complexity index is 718. The SMILES string of the molecule is COc1cc(OC)cc(-c2[nH]c(=O)nc3c2CCCCN3)c1. The van der Waals surface area contributed by atoms with E-state index in [0.29, 0.717) is 17.3 Å². The van der Waals surface area contributed by atoms with Gasteiger partial charge < -0.3 is 19.8 Å². The molecule has 22 heavy (non-hydrogen) atoms. The molecule has 116 valence electrons. The van der Waals surface area contributed by atoms with Gasteiger partial charge in [0, 0.05) is 23.7 Å². The highest BCUT2D eigenvalue weighted by Crippen LogP contribution is 2.33. The maximum absolute atomic E-state index is 11.9. The number of aromatic amines is 1. The molecule has 0 radical (unpaired) electrons. The minimum Gasteiger partial charge on any atom is -0.497 e. The molecule has 0 unspecified atom stereocenters. The summed E-state index contributed by atoms with van der Waals surface area (Å²) >= 11 is 0. The monoisotopic (exact) mass is 301 g/mol. The average Bonchev–Trinajstić information content (AvgIpc) is 2.78. The number of methoxy groups -OCH3 is 2. The Labute approximate surface area is 128 Å². The lowest BCUT2D eigenvalue weighted by Gasteiger charge is -2.13. The van der Waals surface area contributed by atoms with E-state index >= 15 is 0 Å². The van der Waals surface area contributed by atoms with Gasteiger partial charge in [-0.1, -0.05) is 0 Å². The Morgan fingerprint density at radius 3 is 2.50 bits per heavy atom. The molecule has 0 amide bonds. The van der Waals surface area contributed by atoms with E-state index in [-0.39, 0.29) is 5.69 Å². The molecular formula is C16H19N3O3. The second-order valence-corrected chi connectivity index (χ2v) is 5.23. The van der Waals surface area contributed by atoms with Crippen LogP contribution in [0, 0.1) is 0 Å². The van der Waals surface area contributed by atoms with Gasteiger partial charge in [-0.15, -0.1) is 0 Å².